The van der Waals surface area contributed by atoms with Crippen LogP contribution in [0, 0.1) is 27.7 Å². The first kappa shape index (κ1) is 25.9. The molecule has 1 aromatic carbocycles. The van der Waals surface area contributed by atoms with Crippen molar-refractivity contribution >= 4 is 11.8 Å². The Kier molecular flexibility index (Phi) is 7.57. The minimum atomic E-state index is -4.43. The number of aromatic nitrogens is 2. The van der Waals surface area contributed by atoms with Gasteiger partial charge in [0, 0.05) is 17.0 Å². The number of nitrogens with zero attached hydrogens (tertiary/aromatic N) is 2. The highest BCUT2D eigenvalue weighted by atomic mass is 19.4. The molecule has 0 amide bonds. The molecule has 0 aliphatic carbocycles. The van der Waals surface area contributed by atoms with Crippen molar-refractivity contribution in [2.75, 3.05) is 13.7 Å². The number of halogens is 3. The number of alkyl halides is 3. The molecule has 188 valence electrons. The van der Waals surface area contributed by atoms with E-state index in [9.17, 15) is 22.8 Å². The van der Waals surface area contributed by atoms with Crippen LogP contribution in [-0.2, 0) is 17.9 Å². The van der Waals surface area contributed by atoms with E-state index in [0.29, 0.717) is 17.2 Å². The quantitative estimate of drug-likeness (QED) is 0.309. The number of rotatable bonds is 9. The first-order valence-corrected chi connectivity index (χ1v) is 10.6. The summed E-state index contributed by atoms with van der Waals surface area (Å²) >= 11 is 0. The molecule has 35 heavy (non-hydrogen) atoms. The van der Waals surface area contributed by atoms with E-state index >= 15 is 0 Å². The molecule has 0 bridgehead atoms. The van der Waals surface area contributed by atoms with Gasteiger partial charge in [-0.25, -0.2) is 4.79 Å². The third-order valence-corrected chi connectivity index (χ3v) is 5.50. The molecule has 0 saturated carbocycles. The summed E-state index contributed by atoms with van der Waals surface area (Å²) in [7, 11) is 1.41. The molecule has 2 aromatic heterocycles. The van der Waals surface area contributed by atoms with Crippen LogP contribution in [-0.4, -0.2) is 41.4 Å². The number of aryl methyl sites for hydroxylation is 3. The Bertz CT molecular complexity index is 1220. The topological polar surface area (TPSA) is 92.8 Å². The Morgan fingerprint density at radius 1 is 1.09 bits per heavy atom. The third kappa shape index (κ3) is 6.03. The Hall–Kier alpha value is -3.76. The van der Waals surface area contributed by atoms with Crippen LogP contribution in [0.5, 0.6) is 11.5 Å². The third-order valence-electron chi connectivity index (χ3n) is 5.50. The molecule has 2 heterocycles. The number of benzene rings is 1. The molecule has 0 saturated heterocycles. The monoisotopic (exact) mass is 494 g/mol. The summed E-state index contributed by atoms with van der Waals surface area (Å²) in [5, 5.41) is 3.87. The van der Waals surface area contributed by atoms with Gasteiger partial charge in [0.1, 0.15) is 18.9 Å². The number of esters is 1. The number of carbonyl (C=O) groups is 2. The minimum Gasteiger partial charge on any atom is -0.493 e. The maximum absolute atomic E-state index is 12.8. The van der Waals surface area contributed by atoms with Gasteiger partial charge in [-0.05, 0) is 52.0 Å². The number of Topliss-reactive ketones (excluding diaryl/α,β-unsaturated/α-hetero) is 1. The van der Waals surface area contributed by atoms with Gasteiger partial charge < -0.3 is 23.3 Å². The molecule has 0 aliphatic rings. The van der Waals surface area contributed by atoms with Crippen LogP contribution in [0.2, 0.25) is 0 Å². The van der Waals surface area contributed by atoms with Crippen LogP contribution in [0.25, 0.3) is 0 Å². The van der Waals surface area contributed by atoms with Crippen LogP contribution in [0.4, 0.5) is 13.2 Å². The van der Waals surface area contributed by atoms with Gasteiger partial charge >= 0.3 is 12.1 Å². The van der Waals surface area contributed by atoms with Gasteiger partial charge in [-0.3, -0.25) is 4.79 Å². The Morgan fingerprint density at radius 2 is 1.80 bits per heavy atom. The SMILES string of the molecule is COc1cc(C(=O)OCC(=O)c2cc(C)n(CC(F)(F)F)c2C)ccc1OCc1c(C)noc1C. The van der Waals surface area contributed by atoms with Gasteiger partial charge in [0.15, 0.2) is 18.1 Å². The van der Waals surface area contributed by atoms with E-state index in [1.807, 2.05) is 0 Å². The number of carbonyl (C=O) groups excluding carboxylic acids is 2. The molecule has 8 nitrogen and oxygen atoms in total. The largest absolute Gasteiger partial charge is 0.493 e. The fourth-order valence-electron chi connectivity index (χ4n) is 3.57. The standard InChI is InChI=1S/C24H25F3N2O6/c1-13-8-18(15(3)29(13)12-24(25,26)27)20(30)11-34-23(31)17-6-7-21(22(9-17)32-5)33-10-19-14(2)28-35-16(19)4/h6-9H,10-12H2,1-5H3. The zero-order chi connectivity index (χ0) is 25.9. The summed E-state index contributed by atoms with van der Waals surface area (Å²) < 4.78 is 60.7. The Balaban J connectivity index is 1.66. The zero-order valence-electron chi connectivity index (χ0n) is 19.9. The van der Waals surface area contributed by atoms with Crippen molar-refractivity contribution in [3.63, 3.8) is 0 Å². The zero-order valence-corrected chi connectivity index (χ0v) is 19.9. The highest BCUT2D eigenvalue weighted by Gasteiger charge is 2.30. The van der Waals surface area contributed by atoms with Gasteiger partial charge in [0.25, 0.3) is 0 Å². The molecule has 0 spiro atoms. The van der Waals surface area contributed by atoms with E-state index < -0.39 is 31.1 Å². The minimum absolute atomic E-state index is 0.0696. The summed E-state index contributed by atoms with van der Waals surface area (Å²) in [4.78, 5) is 25.0. The first-order valence-electron chi connectivity index (χ1n) is 10.6. The molecule has 0 fully saturated rings. The maximum Gasteiger partial charge on any atom is 0.406 e. The average molecular weight is 494 g/mol. The lowest BCUT2D eigenvalue weighted by molar-refractivity contribution is -0.141. The predicted octanol–water partition coefficient (Wildman–Crippen LogP) is 4.90. The maximum atomic E-state index is 12.8. The Labute approximate surface area is 199 Å². The number of ketones is 1. The molecular weight excluding hydrogens is 469 g/mol. The lowest BCUT2D eigenvalue weighted by Crippen LogP contribution is -2.20. The van der Waals surface area contributed by atoms with Crippen molar-refractivity contribution in [2.24, 2.45) is 0 Å². The highest BCUT2D eigenvalue weighted by molar-refractivity contribution is 6.00. The van der Waals surface area contributed by atoms with Crippen molar-refractivity contribution in [3.05, 3.63) is 63.8 Å². The van der Waals surface area contributed by atoms with E-state index in [0.717, 1.165) is 10.1 Å². The normalized spacial score (nSPS) is 11.4. The van der Waals surface area contributed by atoms with Crippen LogP contribution < -0.4 is 9.47 Å². The summed E-state index contributed by atoms with van der Waals surface area (Å²) in [5.74, 6) is -0.125. The van der Waals surface area contributed by atoms with Crippen LogP contribution in [0.1, 0.15) is 49.1 Å². The summed E-state index contributed by atoms with van der Waals surface area (Å²) in [6, 6.07) is 5.74. The lowest BCUT2D eigenvalue weighted by atomic mass is 10.1. The molecule has 0 unspecified atom stereocenters. The van der Waals surface area contributed by atoms with E-state index in [1.54, 1.807) is 13.8 Å². The molecular formula is C24H25F3N2O6. The molecule has 11 heteroatoms. The van der Waals surface area contributed by atoms with Gasteiger partial charge in [-0.15, -0.1) is 0 Å². The van der Waals surface area contributed by atoms with E-state index in [-0.39, 0.29) is 34.9 Å². The predicted molar refractivity (Wildman–Crippen MR) is 118 cm³/mol. The van der Waals surface area contributed by atoms with Crippen molar-refractivity contribution in [1.82, 2.24) is 9.72 Å². The number of hydrogen-bond acceptors (Lipinski definition) is 7. The van der Waals surface area contributed by atoms with Crippen molar-refractivity contribution in [3.8, 4) is 11.5 Å². The van der Waals surface area contributed by atoms with Crippen LogP contribution >= 0.6 is 0 Å². The smallest absolute Gasteiger partial charge is 0.406 e. The summed E-state index contributed by atoms with van der Waals surface area (Å²) in [6.45, 7) is 4.81. The van der Waals surface area contributed by atoms with Gasteiger partial charge in [0.2, 0.25) is 5.78 Å². The molecule has 3 rings (SSSR count). The fourth-order valence-corrected chi connectivity index (χ4v) is 3.57. The first-order chi connectivity index (χ1) is 16.4. The summed E-state index contributed by atoms with van der Waals surface area (Å²) in [6.07, 6.45) is -4.43. The number of hydrogen-bond donors (Lipinski definition) is 0. The average Bonchev–Trinajstić information content (AvgIpc) is 3.27. The van der Waals surface area contributed by atoms with E-state index in [4.69, 9.17) is 18.7 Å². The molecule has 3 aromatic rings. The van der Waals surface area contributed by atoms with Crippen LogP contribution in [0.3, 0.4) is 0 Å². The number of ether oxygens (including phenoxy) is 3. The summed E-state index contributed by atoms with van der Waals surface area (Å²) in [5.41, 5.74) is 2.12. The second-order valence-corrected chi connectivity index (χ2v) is 7.94. The van der Waals surface area contributed by atoms with Crippen molar-refractivity contribution < 1.29 is 41.5 Å². The van der Waals surface area contributed by atoms with Gasteiger partial charge in [0.05, 0.1) is 23.9 Å². The van der Waals surface area contributed by atoms with Crippen molar-refractivity contribution in [1.29, 1.82) is 0 Å². The fraction of sp³-hybridized carbons (Fsp3) is 0.375. The number of methoxy groups -OCH3 is 1. The molecule has 0 aliphatic heterocycles. The second-order valence-electron chi connectivity index (χ2n) is 7.94. The second kappa shape index (κ2) is 10.2. The van der Waals surface area contributed by atoms with Crippen LogP contribution in [0.15, 0.2) is 28.8 Å². The highest BCUT2D eigenvalue weighted by Crippen LogP contribution is 2.30. The molecule has 0 radical (unpaired) electrons. The Morgan fingerprint density at radius 3 is 2.40 bits per heavy atom. The molecule has 0 atom stereocenters. The molecule has 0 N–H and O–H groups in total. The van der Waals surface area contributed by atoms with E-state index in [1.165, 1.54) is 45.2 Å². The van der Waals surface area contributed by atoms with Crippen molar-refractivity contribution in [2.45, 2.75) is 47.0 Å². The van der Waals surface area contributed by atoms with E-state index in [2.05, 4.69) is 5.16 Å². The lowest BCUT2D eigenvalue weighted by Gasteiger charge is -2.13. The van der Waals surface area contributed by atoms with Gasteiger partial charge in [-0.2, -0.15) is 13.2 Å². The van der Waals surface area contributed by atoms with Gasteiger partial charge in [-0.1, -0.05) is 5.16 Å².